The van der Waals surface area contributed by atoms with Crippen LogP contribution in [0.1, 0.15) is 29.2 Å². The van der Waals surface area contributed by atoms with E-state index in [4.69, 9.17) is 11.6 Å². The van der Waals surface area contributed by atoms with E-state index in [1.807, 2.05) is 57.2 Å². The second-order valence-corrected chi connectivity index (χ2v) is 5.89. The molecule has 2 aromatic rings. The predicted molar refractivity (Wildman–Crippen MR) is 80.6 cm³/mol. The van der Waals surface area contributed by atoms with Crippen molar-refractivity contribution in [3.63, 3.8) is 0 Å². The van der Waals surface area contributed by atoms with Crippen LogP contribution in [0.3, 0.4) is 0 Å². The second kappa shape index (κ2) is 5.36. The average molecular weight is 275 g/mol. The first kappa shape index (κ1) is 14.1. The Hall–Kier alpha value is -1.31. The maximum absolute atomic E-state index is 10.7. The quantitative estimate of drug-likeness (QED) is 0.879. The van der Waals surface area contributed by atoms with Gasteiger partial charge in [0.2, 0.25) is 0 Å². The molecule has 1 atom stereocenters. The van der Waals surface area contributed by atoms with E-state index in [0.717, 1.165) is 11.1 Å². The Morgan fingerprint density at radius 2 is 1.68 bits per heavy atom. The minimum atomic E-state index is -0.887. The molecule has 19 heavy (non-hydrogen) atoms. The van der Waals surface area contributed by atoms with Gasteiger partial charge in [-0.15, -0.1) is 0 Å². The lowest BCUT2D eigenvalue weighted by Gasteiger charge is -2.25. The Balaban J connectivity index is 2.31. The van der Waals surface area contributed by atoms with Crippen LogP contribution in [-0.2, 0) is 12.0 Å². The van der Waals surface area contributed by atoms with Crippen molar-refractivity contribution in [3.8, 4) is 0 Å². The van der Waals surface area contributed by atoms with Crippen molar-refractivity contribution in [2.75, 3.05) is 0 Å². The molecule has 2 aromatic carbocycles. The van der Waals surface area contributed by atoms with E-state index in [0.29, 0.717) is 11.4 Å². The van der Waals surface area contributed by atoms with Gasteiger partial charge in [0, 0.05) is 11.4 Å². The van der Waals surface area contributed by atoms with Crippen LogP contribution < -0.4 is 0 Å². The molecule has 2 heteroatoms. The molecule has 100 valence electrons. The summed E-state index contributed by atoms with van der Waals surface area (Å²) in [5, 5.41) is 11.4. The van der Waals surface area contributed by atoms with Gasteiger partial charge < -0.3 is 5.11 Å². The number of aliphatic hydroxyl groups is 1. The summed E-state index contributed by atoms with van der Waals surface area (Å²) in [6.07, 6.45) is 0.552. The summed E-state index contributed by atoms with van der Waals surface area (Å²) in [6, 6.07) is 13.8. The maximum atomic E-state index is 10.7. The van der Waals surface area contributed by atoms with Gasteiger partial charge in [-0.1, -0.05) is 53.1 Å². The topological polar surface area (TPSA) is 20.2 Å². The monoisotopic (exact) mass is 274 g/mol. The van der Waals surface area contributed by atoms with Crippen molar-refractivity contribution in [1.82, 2.24) is 0 Å². The molecule has 0 aliphatic heterocycles. The number of rotatable bonds is 3. The molecular weight excluding hydrogens is 256 g/mol. The Kier molecular flexibility index (Phi) is 3.98. The molecule has 1 nitrogen and oxygen atoms in total. The molecule has 0 heterocycles. The second-order valence-electron chi connectivity index (χ2n) is 5.46. The van der Waals surface area contributed by atoms with Gasteiger partial charge >= 0.3 is 0 Å². The van der Waals surface area contributed by atoms with E-state index in [1.54, 1.807) is 0 Å². The lowest BCUT2D eigenvalue weighted by atomic mass is 9.87. The van der Waals surface area contributed by atoms with Crippen LogP contribution >= 0.6 is 11.6 Å². The van der Waals surface area contributed by atoms with E-state index >= 15 is 0 Å². The smallest absolute Gasteiger partial charge is 0.0908 e. The Bertz CT molecular complexity index is 567. The molecule has 0 saturated carbocycles. The van der Waals surface area contributed by atoms with Crippen molar-refractivity contribution in [2.24, 2.45) is 0 Å². The van der Waals surface area contributed by atoms with Crippen LogP contribution in [0.25, 0.3) is 0 Å². The molecule has 0 amide bonds. The first-order valence-corrected chi connectivity index (χ1v) is 6.80. The summed E-state index contributed by atoms with van der Waals surface area (Å²) in [6.45, 7) is 5.94. The summed E-state index contributed by atoms with van der Waals surface area (Å²) in [4.78, 5) is 0. The van der Waals surface area contributed by atoms with Crippen molar-refractivity contribution in [3.05, 3.63) is 69.7 Å². The van der Waals surface area contributed by atoms with Gasteiger partial charge in [-0.2, -0.15) is 0 Å². The fraction of sp³-hybridized carbons (Fsp3) is 0.294. The van der Waals surface area contributed by atoms with Crippen LogP contribution in [0.2, 0.25) is 5.02 Å². The van der Waals surface area contributed by atoms with Gasteiger partial charge in [0.1, 0.15) is 0 Å². The Morgan fingerprint density at radius 1 is 1.05 bits per heavy atom. The third-order valence-electron chi connectivity index (χ3n) is 3.28. The number of aryl methyl sites for hydroxylation is 2. The summed E-state index contributed by atoms with van der Waals surface area (Å²) in [5.74, 6) is 0. The largest absolute Gasteiger partial charge is 0.385 e. The van der Waals surface area contributed by atoms with Crippen molar-refractivity contribution in [2.45, 2.75) is 32.8 Å². The first-order chi connectivity index (χ1) is 8.87. The summed E-state index contributed by atoms with van der Waals surface area (Å²) >= 11 is 5.99. The van der Waals surface area contributed by atoms with E-state index < -0.39 is 5.60 Å². The molecule has 2 rings (SSSR count). The number of hydrogen-bond donors (Lipinski definition) is 1. The van der Waals surface area contributed by atoms with E-state index in [-0.39, 0.29) is 0 Å². The Labute approximate surface area is 119 Å². The van der Waals surface area contributed by atoms with E-state index in [2.05, 4.69) is 6.07 Å². The zero-order valence-corrected chi connectivity index (χ0v) is 12.3. The maximum Gasteiger partial charge on any atom is 0.0908 e. The molecule has 1 N–H and O–H groups in total. The SMILES string of the molecule is Cc1cc(C)cc(C(C)(O)Cc2cccc(Cl)c2)c1. The highest BCUT2D eigenvalue weighted by molar-refractivity contribution is 6.30. The molecule has 0 radical (unpaired) electrons. The molecule has 0 saturated heterocycles. The Morgan fingerprint density at radius 3 is 2.26 bits per heavy atom. The minimum absolute atomic E-state index is 0.552. The third-order valence-corrected chi connectivity index (χ3v) is 3.52. The standard InChI is InChI=1S/C17H19ClO/c1-12-7-13(2)9-15(8-12)17(3,19)11-14-5-4-6-16(18)10-14/h4-10,19H,11H2,1-3H3. The normalized spacial score (nSPS) is 14.2. The highest BCUT2D eigenvalue weighted by Gasteiger charge is 2.24. The lowest BCUT2D eigenvalue weighted by Crippen LogP contribution is -2.24. The summed E-state index contributed by atoms with van der Waals surface area (Å²) in [7, 11) is 0. The van der Waals surface area contributed by atoms with Crippen LogP contribution in [0.5, 0.6) is 0 Å². The number of hydrogen-bond acceptors (Lipinski definition) is 1. The molecule has 0 bridgehead atoms. The van der Waals surface area contributed by atoms with Gasteiger partial charge in [-0.05, 0) is 44.0 Å². The van der Waals surface area contributed by atoms with Crippen LogP contribution in [0, 0.1) is 13.8 Å². The van der Waals surface area contributed by atoms with Crippen LogP contribution in [-0.4, -0.2) is 5.11 Å². The van der Waals surface area contributed by atoms with Crippen LogP contribution in [0.15, 0.2) is 42.5 Å². The zero-order chi connectivity index (χ0) is 14.0. The van der Waals surface area contributed by atoms with Crippen molar-refractivity contribution >= 4 is 11.6 Å². The highest BCUT2D eigenvalue weighted by atomic mass is 35.5. The third kappa shape index (κ3) is 3.59. The van der Waals surface area contributed by atoms with Crippen molar-refractivity contribution < 1.29 is 5.11 Å². The predicted octanol–water partition coefficient (Wildman–Crippen LogP) is 4.41. The molecule has 0 spiro atoms. The van der Waals surface area contributed by atoms with Gasteiger partial charge in [0.25, 0.3) is 0 Å². The molecule has 0 aliphatic rings. The molecular formula is C17H19ClO. The average Bonchev–Trinajstić information content (AvgIpc) is 2.26. The van der Waals surface area contributed by atoms with E-state index in [1.165, 1.54) is 11.1 Å². The summed E-state index contributed by atoms with van der Waals surface area (Å²) < 4.78 is 0. The van der Waals surface area contributed by atoms with Gasteiger partial charge in [0.15, 0.2) is 0 Å². The fourth-order valence-electron chi connectivity index (χ4n) is 2.43. The van der Waals surface area contributed by atoms with Crippen molar-refractivity contribution in [1.29, 1.82) is 0 Å². The first-order valence-electron chi connectivity index (χ1n) is 6.42. The lowest BCUT2D eigenvalue weighted by molar-refractivity contribution is 0.0575. The minimum Gasteiger partial charge on any atom is -0.385 e. The van der Waals surface area contributed by atoms with Gasteiger partial charge in [-0.25, -0.2) is 0 Å². The zero-order valence-electron chi connectivity index (χ0n) is 11.6. The van der Waals surface area contributed by atoms with Crippen LogP contribution in [0.4, 0.5) is 0 Å². The molecule has 1 unspecified atom stereocenters. The van der Waals surface area contributed by atoms with E-state index in [9.17, 15) is 5.11 Å². The number of halogens is 1. The van der Waals surface area contributed by atoms with Gasteiger partial charge in [0.05, 0.1) is 5.60 Å². The molecule has 0 fully saturated rings. The fourth-order valence-corrected chi connectivity index (χ4v) is 2.64. The van der Waals surface area contributed by atoms with Gasteiger partial charge in [-0.3, -0.25) is 0 Å². The molecule has 0 aromatic heterocycles. The molecule has 0 aliphatic carbocycles. The summed E-state index contributed by atoms with van der Waals surface area (Å²) in [5.41, 5.74) is 3.44. The number of benzene rings is 2. The highest BCUT2D eigenvalue weighted by Crippen LogP contribution is 2.27.